The van der Waals surface area contributed by atoms with Gasteiger partial charge in [-0.2, -0.15) is 5.10 Å². The molecular weight excluding hydrogens is 304 g/mol. The van der Waals surface area contributed by atoms with Crippen molar-refractivity contribution in [1.29, 1.82) is 0 Å². The van der Waals surface area contributed by atoms with E-state index >= 15 is 0 Å². The van der Waals surface area contributed by atoms with Gasteiger partial charge in [0.25, 0.3) is 5.91 Å². The van der Waals surface area contributed by atoms with Crippen LogP contribution in [0, 0.1) is 12.8 Å². The van der Waals surface area contributed by atoms with E-state index in [1.165, 1.54) is 12.8 Å². The Labute approximate surface area is 139 Å². The number of fused-ring (bicyclic) bond motifs is 1. The highest BCUT2D eigenvalue weighted by Gasteiger charge is 2.30. The van der Waals surface area contributed by atoms with Gasteiger partial charge in [-0.3, -0.25) is 9.48 Å². The van der Waals surface area contributed by atoms with E-state index in [1.54, 1.807) is 17.0 Å². The summed E-state index contributed by atoms with van der Waals surface area (Å²) >= 11 is 0. The fourth-order valence-electron chi connectivity index (χ4n) is 3.17. The SMILES string of the molecule is Cc1nn(C)c2nc(-c3ccco3)cc(C(=O)N[C@@H](C)C3CC3)c12. The first-order valence-corrected chi connectivity index (χ1v) is 8.23. The molecule has 1 saturated carbocycles. The number of nitrogens with one attached hydrogen (secondary N) is 1. The average Bonchev–Trinajstić information content (AvgIpc) is 3.19. The van der Waals surface area contributed by atoms with E-state index in [4.69, 9.17) is 4.42 Å². The van der Waals surface area contributed by atoms with Crippen molar-refractivity contribution in [1.82, 2.24) is 20.1 Å². The van der Waals surface area contributed by atoms with E-state index in [9.17, 15) is 4.79 Å². The summed E-state index contributed by atoms with van der Waals surface area (Å²) in [7, 11) is 1.84. The predicted molar refractivity (Wildman–Crippen MR) is 90.6 cm³/mol. The van der Waals surface area contributed by atoms with Crippen LogP contribution in [0.4, 0.5) is 0 Å². The van der Waals surface area contributed by atoms with Crippen LogP contribution in [0.25, 0.3) is 22.5 Å². The van der Waals surface area contributed by atoms with Gasteiger partial charge in [0.15, 0.2) is 11.4 Å². The van der Waals surface area contributed by atoms with Crippen molar-refractivity contribution in [3.8, 4) is 11.5 Å². The number of rotatable bonds is 4. The first-order valence-electron chi connectivity index (χ1n) is 8.23. The zero-order valence-electron chi connectivity index (χ0n) is 14.0. The number of carbonyl (C=O) groups excluding carboxylic acids is 1. The van der Waals surface area contributed by atoms with Gasteiger partial charge >= 0.3 is 0 Å². The molecule has 3 aromatic heterocycles. The van der Waals surface area contributed by atoms with E-state index in [2.05, 4.69) is 22.3 Å². The Balaban J connectivity index is 1.83. The number of aryl methyl sites for hydroxylation is 2. The van der Waals surface area contributed by atoms with Crippen LogP contribution in [0.3, 0.4) is 0 Å². The van der Waals surface area contributed by atoms with Gasteiger partial charge in [0.05, 0.1) is 22.9 Å². The molecule has 24 heavy (non-hydrogen) atoms. The summed E-state index contributed by atoms with van der Waals surface area (Å²) in [6.45, 7) is 3.97. The van der Waals surface area contributed by atoms with E-state index in [-0.39, 0.29) is 11.9 Å². The summed E-state index contributed by atoms with van der Waals surface area (Å²) in [5.41, 5.74) is 2.73. The molecule has 0 aromatic carbocycles. The van der Waals surface area contributed by atoms with Gasteiger partial charge in [0.2, 0.25) is 0 Å². The molecule has 1 aliphatic carbocycles. The van der Waals surface area contributed by atoms with Crippen LogP contribution in [-0.2, 0) is 7.05 Å². The van der Waals surface area contributed by atoms with Gasteiger partial charge in [-0.1, -0.05) is 0 Å². The molecule has 1 atom stereocenters. The molecule has 1 aliphatic rings. The maximum absolute atomic E-state index is 12.9. The Bertz CT molecular complexity index is 907. The molecule has 0 spiro atoms. The van der Waals surface area contributed by atoms with Crippen molar-refractivity contribution >= 4 is 16.9 Å². The molecule has 0 saturated heterocycles. The van der Waals surface area contributed by atoms with Crippen molar-refractivity contribution in [2.24, 2.45) is 13.0 Å². The van der Waals surface area contributed by atoms with Gasteiger partial charge in [0, 0.05) is 13.1 Å². The van der Waals surface area contributed by atoms with Crippen molar-refractivity contribution < 1.29 is 9.21 Å². The third-order valence-electron chi connectivity index (χ3n) is 4.67. The van der Waals surface area contributed by atoms with Gasteiger partial charge < -0.3 is 9.73 Å². The minimum absolute atomic E-state index is 0.0780. The lowest BCUT2D eigenvalue weighted by Crippen LogP contribution is -2.34. The fourth-order valence-corrected chi connectivity index (χ4v) is 3.17. The number of aromatic nitrogens is 3. The van der Waals surface area contributed by atoms with Crippen molar-refractivity contribution in [2.75, 3.05) is 0 Å². The molecule has 3 aromatic rings. The standard InChI is InChI=1S/C18H20N4O2/c1-10(12-6-7-12)19-18(23)13-9-14(15-5-4-8-24-15)20-17-16(13)11(2)21-22(17)3/h4-5,8-10,12H,6-7H2,1-3H3,(H,19,23)/t10-/m0/s1. The van der Waals surface area contributed by atoms with Crippen LogP contribution in [0.5, 0.6) is 0 Å². The smallest absolute Gasteiger partial charge is 0.252 e. The number of amides is 1. The molecule has 1 fully saturated rings. The number of pyridine rings is 1. The lowest BCUT2D eigenvalue weighted by Gasteiger charge is -2.14. The first kappa shape index (κ1) is 14.9. The highest BCUT2D eigenvalue weighted by atomic mass is 16.3. The molecular formula is C18H20N4O2. The van der Waals surface area contributed by atoms with E-state index in [1.807, 2.05) is 26.1 Å². The van der Waals surface area contributed by atoms with Crippen LogP contribution in [-0.4, -0.2) is 26.7 Å². The summed E-state index contributed by atoms with van der Waals surface area (Å²) in [6.07, 6.45) is 3.98. The second-order valence-electron chi connectivity index (χ2n) is 6.54. The van der Waals surface area contributed by atoms with Crippen molar-refractivity contribution in [3.05, 3.63) is 35.7 Å². The third kappa shape index (κ3) is 2.48. The van der Waals surface area contributed by atoms with Gasteiger partial charge in [-0.15, -0.1) is 0 Å². The quantitative estimate of drug-likeness (QED) is 0.800. The minimum Gasteiger partial charge on any atom is -0.463 e. The van der Waals surface area contributed by atoms with Gasteiger partial charge in [0.1, 0.15) is 5.69 Å². The number of hydrogen-bond donors (Lipinski definition) is 1. The summed E-state index contributed by atoms with van der Waals surface area (Å²) in [5, 5.41) is 8.35. The predicted octanol–water partition coefficient (Wildman–Crippen LogP) is 3.07. The summed E-state index contributed by atoms with van der Waals surface area (Å²) in [5.74, 6) is 1.16. The molecule has 6 heteroatoms. The zero-order valence-corrected chi connectivity index (χ0v) is 14.0. The molecule has 1 N–H and O–H groups in total. The molecule has 0 radical (unpaired) electrons. The van der Waals surface area contributed by atoms with Crippen LogP contribution in [0.15, 0.2) is 28.9 Å². The maximum Gasteiger partial charge on any atom is 0.252 e. The average molecular weight is 324 g/mol. The molecule has 0 bridgehead atoms. The first-order chi connectivity index (χ1) is 11.5. The largest absolute Gasteiger partial charge is 0.463 e. The number of nitrogens with zero attached hydrogens (tertiary/aromatic N) is 3. The van der Waals surface area contributed by atoms with Crippen LogP contribution in [0.2, 0.25) is 0 Å². The van der Waals surface area contributed by atoms with E-state index in [0.717, 1.165) is 11.1 Å². The van der Waals surface area contributed by atoms with Crippen LogP contribution in [0.1, 0.15) is 35.8 Å². The molecule has 1 amide bonds. The Morgan fingerprint density at radius 2 is 2.25 bits per heavy atom. The normalized spacial score (nSPS) is 15.6. The lowest BCUT2D eigenvalue weighted by molar-refractivity contribution is 0.0937. The number of carbonyl (C=O) groups is 1. The molecule has 3 heterocycles. The Morgan fingerprint density at radius 3 is 2.92 bits per heavy atom. The second-order valence-corrected chi connectivity index (χ2v) is 6.54. The van der Waals surface area contributed by atoms with E-state index in [0.29, 0.717) is 28.6 Å². The minimum atomic E-state index is -0.0780. The molecule has 0 aliphatic heterocycles. The molecule has 6 nitrogen and oxygen atoms in total. The Morgan fingerprint density at radius 1 is 1.46 bits per heavy atom. The van der Waals surface area contributed by atoms with Crippen molar-refractivity contribution in [3.63, 3.8) is 0 Å². The molecule has 0 unspecified atom stereocenters. The molecule has 4 rings (SSSR count). The van der Waals surface area contributed by atoms with E-state index < -0.39 is 0 Å². The van der Waals surface area contributed by atoms with Crippen LogP contribution < -0.4 is 5.32 Å². The van der Waals surface area contributed by atoms with Gasteiger partial charge in [-0.25, -0.2) is 4.98 Å². The van der Waals surface area contributed by atoms with Crippen molar-refractivity contribution in [2.45, 2.75) is 32.7 Å². The second kappa shape index (κ2) is 5.47. The molecule has 124 valence electrons. The fraction of sp³-hybridized carbons (Fsp3) is 0.389. The third-order valence-corrected chi connectivity index (χ3v) is 4.67. The monoisotopic (exact) mass is 324 g/mol. The summed E-state index contributed by atoms with van der Waals surface area (Å²) < 4.78 is 7.16. The summed E-state index contributed by atoms with van der Waals surface area (Å²) in [6, 6.07) is 5.63. The zero-order chi connectivity index (χ0) is 16.8. The highest BCUT2D eigenvalue weighted by molar-refractivity contribution is 6.07. The van der Waals surface area contributed by atoms with Gasteiger partial charge in [-0.05, 0) is 50.8 Å². The highest BCUT2D eigenvalue weighted by Crippen LogP contribution is 2.33. The number of hydrogen-bond acceptors (Lipinski definition) is 4. The van der Waals surface area contributed by atoms with Crippen LogP contribution >= 0.6 is 0 Å². The summed E-state index contributed by atoms with van der Waals surface area (Å²) in [4.78, 5) is 17.5. The number of furan rings is 1. The Kier molecular flexibility index (Phi) is 3.40. The topological polar surface area (TPSA) is 73.0 Å². The lowest BCUT2D eigenvalue weighted by atomic mass is 10.1. The maximum atomic E-state index is 12.9. The Hall–Kier alpha value is -2.63.